The summed E-state index contributed by atoms with van der Waals surface area (Å²) in [4.78, 5) is 36.3. The molecule has 0 bridgehead atoms. The lowest BCUT2D eigenvalue weighted by atomic mass is 10.5. The molecule has 1 heterocycles. The first-order valence-electron chi connectivity index (χ1n) is 4.44. The highest BCUT2D eigenvalue weighted by Gasteiger charge is 2.06. The highest BCUT2D eigenvalue weighted by atomic mass is 16.5. The molecule has 7 heteroatoms. The monoisotopic (exact) mass is 225 g/mol. The van der Waals surface area contributed by atoms with E-state index in [1.165, 1.54) is 10.6 Å². The van der Waals surface area contributed by atoms with Gasteiger partial charge in [0.25, 0.3) is 17.9 Å². The molecule has 0 aliphatic rings. The van der Waals surface area contributed by atoms with Gasteiger partial charge in [0.05, 0.1) is 0 Å². The molecule has 0 aliphatic heterocycles. The Bertz CT molecular complexity index is 466. The first-order valence-corrected chi connectivity index (χ1v) is 4.44. The number of aryl methyl sites for hydroxylation is 1. The summed E-state index contributed by atoms with van der Waals surface area (Å²) in [6, 6.07) is 1.19. The molecule has 0 unspecified atom stereocenters. The highest BCUT2D eigenvalue weighted by molar-refractivity contribution is 5.91. The number of carbonyl (C=O) groups is 2. The third kappa shape index (κ3) is 2.91. The molecule has 86 valence electrons. The molecule has 0 atom stereocenters. The van der Waals surface area contributed by atoms with Gasteiger partial charge in [-0.1, -0.05) is 0 Å². The number of aromatic nitrogens is 2. The van der Waals surface area contributed by atoms with E-state index in [0.717, 1.165) is 0 Å². The van der Waals surface area contributed by atoms with Gasteiger partial charge in [0.15, 0.2) is 6.61 Å². The fourth-order valence-electron chi connectivity index (χ4n) is 1.01. The van der Waals surface area contributed by atoms with E-state index in [9.17, 15) is 14.4 Å². The van der Waals surface area contributed by atoms with Crippen molar-refractivity contribution in [1.82, 2.24) is 9.55 Å². The molecular formula is C9H11N3O4. The second-order valence-electron chi connectivity index (χ2n) is 3.04. The minimum absolute atomic E-state index is 0.139. The van der Waals surface area contributed by atoms with Crippen LogP contribution in [0.1, 0.15) is 5.82 Å². The van der Waals surface area contributed by atoms with Gasteiger partial charge in [0.2, 0.25) is 0 Å². The predicted octanol–water partition coefficient (Wildman–Crippen LogP) is -0.800. The van der Waals surface area contributed by atoms with Gasteiger partial charge in [-0.05, 0) is 6.92 Å². The van der Waals surface area contributed by atoms with Crippen molar-refractivity contribution in [3.05, 3.63) is 22.2 Å². The fourth-order valence-corrected chi connectivity index (χ4v) is 1.01. The molecular weight excluding hydrogens is 214 g/mol. The summed E-state index contributed by atoms with van der Waals surface area (Å²) in [5.41, 5.74) is -0.279. The van der Waals surface area contributed by atoms with Gasteiger partial charge in [-0.25, -0.2) is 4.98 Å². The number of hydrogen-bond donors (Lipinski definition) is 1. The van der Waals surface area contributed by atoms with Crippen molar-refractivity contribution in [3.63, 3.8) is 0 Å². The summed E-state index contributed by atoms with van der Waals surface area (Å²) >= 11 is 0. The Morgan fingerprint density at radius 2 is 2.38 bits per heavy atom. The van der Waals surface area contributed by atoms with Crippen molar-refractivity contribution in [2.45, 2.75) is 6.92 Å². The van der Waals surface area contributed by atoms with Crippen LogP contribution >= 0.6 is 0 Å². The fraction of sp³-hybridized carbons (Fsp3) is 0.333. The van der Waals surface area contributed by atoms with Crippen LogP contribution in [0.3, 0.4) is 0 Å². The maximum atomic E-state index is 11.3. The van der Waals surface area contributed by atoms with Crippen LogP contribution in [-0.4, -0.2) is 28.5 Å². The summed E-state index contributed by atoms with van der Waals surface area (Å²) in [7, 11) is 1.58. The lowest BCUT2D eigenvalue weighted by Gasteiger charge is -2.06. The van der Waals surface area contributed by atoms with Crippen LogP contribution in [0.2, 0.25) is 0 Å². The maximum absolute atomic E-state index is 11.3. The number of rotatable bonds is 4. The average Bonchev–Trinajstić information content (AvgIpc) is 2.23. The van der Waals surface area contributed by atoms with E-state index in [-0.39, 0.29) is 17.8 Å². The Kier molecular flexibility index (Phi) is 3.76. The zero-order valence-corrected chi connectivity index (χ0v) is 8.89. The molecule has 16 heavy (non-hydrogen) atoms. The topological polar surface area (TPSA) is 90.3 Å². The van der Waals surface area contributed by atoms with Gasteiger partial charge in [0.1, 0.15) is 11.6 Å². The van der Waals surface area contributed by atoms with Crippen molar-refractivity contribution in [3.8, 4) is 0 Å². The van der Waals surface area contributed by atoms with Crippen LogP contribution in [0.4, 0.5) is 5.82 Å². The SMILES string of the molecule is Cc1nc(NC(=O)COC=O)cc(=O)n1C. The van der Waals surface area contributed by atoms with E-state index >= 15 is 0 Å². The first kappa shape index (κ1) is 11.9. The molecule has 0 saturated carbocycles. The van der Waals surface area contributed by atoms with E-state index in [2.05, 4.69) is 15.0 Å². The Morgan fingerprint density at radius 3 is 2.94 bits per heavy atom. The van der Waals surface area contributed by atoms with Gasteiger partial charge in [-0.15, -0.1) is 0 Å². The highest BCUT2D eigenvalue weighted by Crippen LogP contribution is 1.99. The predicted molar refractivity (Wildman–Crippen MR) is 54.9 cm³/mol. The van der Waals surface area contributed by atoms with Gasteiger partial charge in [-0.3, -0.25) is 19.0 Å². The molecule has 1 aromatic rings. The van der Waals surface area contributed by atoms with Crippen LogP contribution in [0.25, 0.3) is 0 Å². The maximum Gasteiger partial charge on any atom is 0.293 e. The summed E-state index contributed by atoms with van der Waals surface area (Å²) in [6.07, 6.45) is 0. The van der Waals surface area contributed by atoms with Crippen molar-refractivity contribution in [1.29, 1.82) is 0 Å². The van der Waals surface area contributed by atoms with Gasteiger partial charge in [0, 0.05) is 13.1 Å². The normalized spacial score (nSPS) is 9.62. The molecule has 1 aromatic heterocycles. The van der Waals surface area contributed by atoms with Crippen LogP contribution in [0.5, 0.6) is 0 Å². The Labute approximate surface area is 91.1 Å². The molecule has 1 N–H and O–H groups in total. The van der Waals surface area contributed by atoms with E-state index < -0.39 is 12.5 Å². The van der Waals surface area contributed by atoms with Crippen molar-refractivity contribution in [2.75, 3.05) is 11.9 Å². The third-order valence-electron chi connectivity index (χ3n) is 1.91. The molecule has 0 aliphatic carbocycles. The van der Waals surface area contributed by atoms with E-state index in [4.69, 9.17) is 0 Å². The van der Waals surface area contributed by atoms with E-state index in [0.29, 0.717) is 5.82 Å². The Hall–Kier alpha value is -2.18. The van der Waals surface area contributed by atoms with Crippen LogP contribution < -0.4 is 10.9 Å². The van der Waals surface area contributed by atoms with Crippen molar-refractivity contribution >= 4 is 18.2 Å². The van der Waals surface area contributed by atoms with Crippen LogP contribution in [0.15, 0.2) is 10.9 Å². The van der Waals surface area contributed by atoms with Gasteiger partial charge in [-0.2, -0.15) is 0 Å². The quantitative estimate of drug-likeness (QED) is 0.677. The van der Waals surface area contributed by atoms with E-state index in [1.807, 2.05) is 0 Å². The molecule has 1 amide bonds. The largest absolute Gasteiger partial charge is 0.458 e. The number of amides is 1. The zero-order chi connectivity index (χ0) is 12.1. The molecule has 0 aromatic carbocycles. The lowest BCUT2D eigenvalue weighted by Crippen LogP contribution is -2.24. The van der Waals surface area contributed by atoms with Crippen molar-refractivity contribution in [2.24, 2.45) is 7.05 Å². The van der Waals surface area contributed by atoms with Crippen LogP contribution in [0, 0.1) is 6.92 Å². The third-order valence-corrected chi connectivity index (χ3v) is 1.91. The number of anilines is 1. The number of nitrogens with one attached hydrogen (secondary N) is 1. The standard InChI is InChI=1S/C9H11N3O4/c1-6-10-7(3-9(15)12(6)2)11-8(14)4-16-5-13/h3,5H,4H2,1-2H3,(H,11,14). The molecule has 0 spiro atoms. The first-order chi connectivity index (χ1) is 7.54. The summed E-state index contributed by atoms with van der Waals surface area (Å²) < 4.78 is 5.59. The summed E-state index contributed by atoms with van der Waals surface area (Å²) in [5.74, 6) is 0.0615. The molecule has 0 fully saturated rings. The molecule has 7 nitrogen and oxygen atoms in total. The number of nitrogens with zero attached hydrogens (tertiary/aromatic N) is 2. The minimum Gasteiger partial charge on any atom is -0.458 e. The summed E-state index contributed by atoms with van der Waals surface area (Å²) in [5, 5.41) is 2.34. The Morgan fingerprint density at radius 1 is 1.69 bits per heavy atom. The zero-order valence-electron chi connectivity index (χ0n) is 8.89. The number of ether oxygens (including phenoxy) is 1. The second kappa shape index (κ2) is 5.06. The Balaban J connectivity index is 2.79. The molecule has 0 saturated heterocycles. The smallest absolute Gasteiger partial charge is 0.293 e. The minimum atomic E-state index is -0.549. The molecule has 1 rings (SSSR count). The second-order valence-corrected chi connectivity index (χ2v) is 3.04. The van der Waals surface area contributed by atoms with Crippen molar-refractivity contribution < 1.29 is 14.3 Å². The van der Waals surface area contributed by atoms with Gasteiger partial charge >= 0.3 is 0 Å². The lowest BCUT2D eigenvalue weighted by molar-refractivity contribution is -0.135. The van der Waals surface area contributed by atoms with E-state index in [1.54, 1.807) is 14.0 Å². The number of carbonyl (C=O) groups excluding carboxylic acids is 2. The molecule has 0 radical (unpaired) electrons. The number of hydrogen-bond acceptors (Lipinski definition) is 5. The van der Waals surface area contributed by atoms with Gasteiger partial charge < -0.3 is 10.1 Å². The van der Waals surface area contributed by atoms with Crippen LogP contribution in [-0.2, 0) is 21.4 Å². The summed E-state index contributed by atoms with van der Waals surface area (Å²) in [6.45, 7) is 1.40. The average molecular weight is 225 g/mol.